The molecular formula is C14H15NOS. The van der Waals surface area contributed by atoms with Gasteiger partial charge in [0.2, 0.25) is 0 Å². The van der Waals surface area contributed by atoms with Gasteiger partial charge in [0.05, 0.1) is 0 Å². The standard InChI is InChI=1S/C14H15NOS/c1-8-4-11(7-12(15)5-8)14(16)13-6-9(2)17-10(13)3/h4-7H,15H2,1-3H3. The van der Waals surface area contributed by atoms with Gasteiger partial charge >= 0.3 is 0 Å². The average molecular weight is 245 g/mol. The molecule has 0 amide bonds. The highest BCUT2D eigenvalue weighted by molar-refractivity contribution is 7.12. The molecule has 17 heavy (non-hydrogen) atoms. The van der Waals surface area contributed by atoms with Crippen molar-refractivity contribution in [3.05, 3.63) is 50.7 Å². The molecule has 0 aliphatic rings. The van der Waals surface area contributed by atoms with E-state index in [9.17, 15) is 4.79 Å². The summed E-state index contributed by atoms with van der Waals surface area (Å²) < 4.78 is 0. The van der Waals surface area contributed by atoms with E-state index in [-0.39, 0.29) is 5.78 Å². The molecular weight excluding hydrogens is 230 g/mol. The number of rotatable bonds is 2. The first-order valence-corrected chi connectivity index (χ1v) is 6.28. The molecule has 88 valence electrons. The van der Waals surface area contributed by atoms with Crippen molar-refractivity contribution in [1.82, 2.24) is 0 Å². The van der Waals surface area contributed by atoms with Gasteiger partial charge in [0.1, 0.15) is 0 Å². The fourth-order valence-electron chi connectivity index (χ4n) is 1.96. The zero-order valence-electron chi connectivity index (χ0n) is 10.2. The van der Waals surface area contributed by atoms with Gasteiger partial charge in [-0.05, 0) is 50.6 Å². The number of benzene rings is 1. The van der Waals surface area contributed by atoms with Gasteiger partial charge in [-0.15, -0.1) is 11.3 Å². The first-order valence-electron chi connectivity index (χ1n) is 5.46. The molecule has 0 fully saturated rings. The van der Waals surface area contributed by atoms with Gasteiger partial charge in [0, 0.05) is 26.6 Å². The molecule has 3 heteroatoms. The maximum Gasteiger partial charge on any atom is 0.194 e. The second kappa shape index (κ2) is 4.34. The van der Waals surface area contributed by atoms with Crippen LogP contribution in [0.3, 0.4) is 0 Å². The maximum absolute atomic E-state index is 12.3. The maximum atomic E-state index is 12.3. The Kier molecular flexibility index (Phi) is 3.03. The summed E-state index contributed by atoms with van der Waals surface area (Å²) in [6.45, 7) is 5.93. The minimum absolute atomic E-state index is 0.0576. The van der Waals surface area contributed by atoms with Gasteiger partial charge in [-0.2, -0.15) is 0 Å². The van der Waals surface area contributed by atoms with Crippen LogP contribution in [0.15, 0.2) is 24.3 Å². The Morgan fingerprint density at radius 2 is 1.82 bits per heavy atom. The summed E-state index contributed by atoms with van der Waals surface area (Å²) in [6, 6.07) is 7.43. The summed E-state index contributed by atoms with van der Waals surface area (Å²) in [5.41, 5.74) is 8.88. The van der Waals surface area contributed by atoms with Gasteiger partial charge in [-0.25, -0.2) is 0 Å². The first kappa shape index (κ1) is 11.9. The molecule has 1 aromatic heterocycles. The molecule has 1 aromatic carbocycles. The molecule has 1 heterocycles. The minimum atomic E-state index is 0.0576. The third-order valence-electron chi connectivity index (χ3n) is 2.65. The Balaban J connectivity index is 2.47. The fraction of sp³-hybridized carbons (Fsp3) is 0.214. The van der Waals surface area contributed by atoms with Gasteiger partial charge in [-0.1, -0.05) is 0 Å². The molecule has 0 spiro atoms. The predicted molar refractivity (Wildman–Crippen MR) is 72.8 cm³/mol. The fourth-order valence-corrected chi connectivity index (χ4v) is 2.88. The number of hydrogen-bond donors (Lipinski definition) is 1. The van der Waals surface area contributed by atoms with Crippen molar-refractivity contribution in [3.8, 4) is 0 Å². The molecule has 0 bridgehead atoms. The number of aryl methyl sites for hydroxylation is 3. The number of thiophene rings is 1. The summed E-state index contributed by atoms with van der Waals surface area (Å²) in [5, 5.41) is 0. The molecule has 0 saturated carbocycles. The third kappa shape index (κ3) is 2.39. The lowest BCUT2D eigenvalue weighted by molar-refractivity contribution is 0.103. The number of anilines is 1. The number of carbonyl (C=O) groups excluding carboxylic acids is 1. The van der Waals surface area contributed by atoms with Crippen molar-refractivity contribution in [2.45, 2.75) is 20.8 Å². The minimum Gasteiger partial charge on any atom is -0.399 e. The van der Waals surface area contributed by atoms with Crippen LogP contribution in [0, 0.1) is 20.8 Å². The van der Waals surface area contributed by atoms with Crippen LogP contribution in [-0.4, -0.2) is 5.78 Å². The van der Waals surface area contributed by atoms with Crippen molar-refractivity contribution >= 4 is 22.8 Å². The van der Waals surface area contributed by atoms with E-state index < -0.39 is 0 Å². The largest absolute Gasteiger partial charge is 0.399 e. The highest BCUT2D eigenvalue weighted by atomic mass is 32.1. The van der Waals surface area contributed by atoms with E-state index in [1.807, 2.05) is 39.0 Å². The Bertz CT molecular complexity index is 564. The van der Waals surface area contributed by atoms with Crippen LogP contribution >= 0.6 is 11.3 Å². The monoisotopic (exact) mass is 245 g/mol. The molecule has 2 aromatic rings. The summed E-state index contributed by atoms with van der Waals surface area (Å²) in [5.74, 6) is 0.0576. The highest BCUT2D eigenvalue weighted by Gasteiger charge is 2.14. The van der Waals surface area contributed by atoms with Crippen molar-refractivity contribution < 1.29 is 4.79 Å². The van der Waals surface area contributed by atoms with Gasteiger partial charge in [0.15, 0.2) is 5.78 Å². The van der Waals surface area contributed by atoms with E-state index in [0.29, 0.717) is 11.3 Å². The average Bonchev–Trinajstić information content (AvgIpc) is 2.55. The zero-order valence-corrected chi connectivity index (χ0v) is 11.0. The normalized spacial score (nSPS) is 10.5. The van der Waals surface area contributed by atoms with E-state index in [1.54, 1.807) is 17.4 Å². The van der Waals surface area contributed by atoms with Crippen molar-refractivity contribution in [2.75, 3.05) is 5.73 Å². The summed E-state index contributed by atoms with van der Waals surface area (Å²) >= 11 is 1.65. The zero-order chi connectivity index (χ0) is 12.6. The van der Waals surface area contributed by atoms with E-state index >= 15 is 0 Å². The Morgan fingerprint density at radius 1 is 1.12 bits per heavy atom. The van der Waals surface area contributed by atoms with Gasteiger partial charge in [-0.3, -0.25) is 4.79 Å². The summed E-state index contributed by atoms with van der Waals surface area (Å²) in [7, 11) is 0. The number of nitrogens with two attached hydrogens (primary N) is 1. The van der Waals surface area contributed by atoms with Crippen LogP contribution in [0.2, 0.25) is 0 Å². The second-order valence-corrected chi connectivity index (χ2v) is 5.75. The van der Waals surface area contributed by atoms with E-state index in [4.69, 9.17) is 5.73 Å². The number of hydrogen-bond acceptors (Lipinski definition) is 3. The Morgan fingerprint density at radius 3 is 2.35 bits per heavy atom. The van der Waals surface area contributed by atoms with Crippen LogP contribution < -0.4 is 5.73 Å². The SMILES string of the molecule is Cc1cc(N)cc(C(=O)c2cc(C)sc2C)c1. The van der Waals surface area contributed by atoms with Gasteiger partial charge in [0.25, 0.3) is 0 Å². The van der Waals surface area contributed by atoms with Crippen molar-refractivity contribution in [1.29, 1.82) is 0 Å². The lowest BCUT2D eigenvalue weighted by Crippen LogP contribution is -2.03. The van der Waals surface area contributed by atoms with Crippen LogP contribution in [-0.2, 0) is 0 Å². The number of ketones is 1. The van der Waals surface area contributed by atoms with Crippen LogP contribution in [0.25, 0.3) is 0 Å². The van der Waals surface area contributed by atoms with Crippen LogP contribution in [0.4, 0.5) is 5.69 Å². The molecule has 0 aliphatic carbocycles. The molecule has 2 rings (SSSR count). The van der Waals surface area contributed by atoms with Gasteiger partial charge < -0.3 is 5.73 Å². The molecule has 0 atom stereocenters. The molecule has 0 unspecified atom stereocenters. The van der Waals surface area contributed by atoms with Crippen LogP contribution in [0.1, 0.15) is 31.2 Å². The third-order valence-corrected chi connectivity index (χ3v) is 3.61. The lowest BCUT2D eigenvalue weighted by atomic mass is 10.0. The smallest absolute Gasteiger partial charge is 0.194 e. The summed E-state index contributed by atoms with van der Waals surface area (Å²) in [4.78, 5) is 14.6. The van der Waals surface area contributed by atoms with Crippen LogP contribution in [0.5, 0.6) is 0 Å². The molecule has 0 radical (unpaired) electrons. The number of carbonyl (C=O) groups is 1. The first-order chi connectivity index (χ1) is 7.97. The summed E-state index contributed by atoms with van der Waals surface area (Å²) in [6.07, 6.45) is 0. The lowest BCUT2D eigenvalue weighted by Gasteiger charge is -2.03. The van der Waals surface area contributed by atoms with E-state index in [0.717, 1.165) is 20.9 Å². The second-order valence-electron chi connectivity index (χ2n) is 4.29. The Hall–Kier alpha value is -1.61. The topological polar surface area (TPSA) is 43.1 Å². The quantitative estimate of drug-likeness (QED) is 0.650. The predicted octanol–water partition coefficient (Wildman–Crippen LogP) is 3.49. The van der Waals surface area contributed by atoms with Crippen molar-refractivity contribution in [2.24, 2.45) is 0 Å². The molecule has 0 aliphatic heterocycles. The Labute approximate surface area is 105 Å². The van der Waals surface area contributed by atoms with Crippen molar-refractivity contribution in [3.63, 3.8) is 0 Å². The molecule has 2 nitrogen and oxygen atoms in total. The highest BCUT2D eigenvalue weighted by Crippen LogP contribution is 2.24. The number of nitrogen functional groups attached to an aromatic ring is 1. The van der Waals surface area contributed by atoms with E-state index in [1.165, 1.54) is 0 Å². The van der Waals surface area contributed by atoms with E-state index in [2.05, 4.69) is 0 Å². The molecule has 2 N–H and O–H groups in total. The molecule has 0 saturated heterocycles.